The summed E-state index contributed by atoms with van der Waals surface area (Å²) >= 11 is 1.56. The Morgan fingerprint density at radius 3 is 2.65 bits per heavy atom. The summed E-state index contributed by atoms with van der Waals surface area (Å²) < 4.78 is 36.4. The molecule has 1 aromatic heterocycles. The molecule has 0 amide bonds. The molecule has 10 rings (SSSR count). The molecule has 15 heteroatoms. The number of likely N-dealkylation sites (N-methyl/N-ethyl adjacent to an activating group) is 1. The van der Waals surface area contributed by atoms with E-state index in [0.717, 1.165) is 44.4 Å². The molecular weight excluding hydrogens is 753 g/mol. The minimum Gasteiger partial charge on any atom is -0.504 e. The van der Waals surface area contributed by atoms with E-state index in [9.17, 15) is 19.8 Å². The highest BCUT2D eigenvalue weighted by molar-refractivity contribution is 7.99. The van der Waals surface area contributed by atoms with Gasteiger partial charge in [0.25, 0.3) is 0 Å². The number of H-pyrrole nitrogens is 1. The number of phenolic OH excluding ortho intramolecular Hbond substituents is 1. The zero-order valence-electron chi connectivity index (χ0n) is 32.7. The molecule has 3 aromatic carbocycles. The van der Waals surface area contributed by atoms with Crippen LogP contribution in [0.4, 0.5) is 0 Å². The Morgan fingerprint density at radius 1 is 1.07 bits per heavy atom. The summed E-state index contributed by atoms with van der Waals surface area (Å²) in [5.74, 6) is 2.14. The first-order valence-corrected chi connectivity index (χ1v) is 20.4. The first-order chi connectivity index (χ1) is 27.5. The number of piperazine rings is 1. The van der Waals surface area contributed by atoms with Crippen LogP contribution in [0.5, 0.6) is 34.5 Å². The monoisotopic (exact) mass is 798 g/mol. The summed E-state index contributed by atoms with van der Waals surface area (Å²) in [6.07, 6.45) is 0.195. The lowest BCUT2D eigenvalue weighted by Gasteiger charge is -2.61. The van der Waals surface area contributed by atoms with Gasteiger partial charge in [-0.3, -0.25) is 24.7 Å². The van der Waals surface area contributed by atoms with Crippen molar-refractivity contribution in [3.05, 3.63) is 68.9 Å². The maximum absolute atomic E-state index is 14.9. The van der Waals surface area contributed by atoms with E-state index in [-0.39, 0.29) is 43.3 Å². The average Bonchev–Trinajstić information content (AvgIpc) is 3.82. The van der Waals surface area contributed by atoms with Crippen molar-refractivity contribution in [1.82, 2.24) is 20.1 Å². The summed E-state index contributed by atoms with van der Waals surface area (Å²) in [5, 5.41) is 28.9. The number of hydrogen-bond donors (Lipinski definition) is 4. The Labute approximate surface area is 333 Å². The molecule has 6 aliphatic rings. The molecule has 7 atom stereocenters. The Hall–Kier alpha value is -4.51. The predicted octanol–water partition coefficient (Wildman–Crippen LogP) is 4.23. The highest BCUT2D eigenvalue weighted by atomic mass is 32.2. The standard InChI is InChI=1S/C42H46N4O10S/c1-18-11-21-12-26-41(50)46-27-14-53-15-28(48)42(40-24(9-10-43-42)23-8-7-22(51-5)13-25(23)44-40)16-57-39(33(46)32(45(26)4)29(21)34(49)35(18)52-6)31-30(27)38-37(54-17-55-38)19(2)36(31)56-20(3)47/h7-8,11,13,26-27,32-33,39,41,43-44,49-50H,9-10,12,14-17H2,1-6H3/t26-,27-,32+,33?,39+,41-,42-/m0/s1. The van der Waals surface area contributed by atoms with Crippen molar-refractivity contribution in [1.29, 1.82) is 0 Å². The second-order valence-corrected chi connectivity index (χ2v) is 17.1. The molecule has 7 heterocycles. The summed E-state index contributed by atoms with van der Waals surface area (Å²) in [6.45, 7) is 5.47. The number of thioether (sulfide) groups is 1. The number of nitrogens with one attached hydrogen (secondary N) is 2. The number of aryl methyl sites for hydroxylation is 1. The molecule has 57 heavy (non-hydrogen) atoms. The van der Waals surface area contributed by atoms with Crippen LogP contribution in [0.25, 0.3) is 10.9 Å². The number of aliphatic hydroxyl groups excluding tert-OH is 1. The molecule has 4 bridgehead atoms. The van der Waals surface area contributed by atoms with Crippen LogP contribution in [-0.2, 0) is 32.7 Å². The Bertz CT molecular complexity index is 2380. The Kier molecular flexibility index (Phi) is 8.56. The normalized spacial score (nSPS) is 29.0. The zero-order chi connectivity index (χ0) is 39.7. The van der Waals surface area contributed by atoms with Gasteiger partial charge in [-0.1, -0.05) is 6.07 Å². The lowest BCUT2D eigenvalue weighted by atomic mass is 9.73. The molecule has 4 aromatic rings. The van der Waals surface area contributed by atoms with Gasteiger partial charge in [0.1, 0.15) is 29.9 Å². The Morgan fingerprint density at radius 2 is 1.88 bits per heavy atom. The van der Waals surface area contributed by atoms with Gasteiger partial charge in [-0.2, -0.15) is 0 Å². The number of nitrogens with zero attached hydrogens (tertiary/aromatic N) is 2. The van der Waals surface area contributed by atoms with Gasteiger partial charge in [0.15, 0.2) is 28.8 Å². The van der Waals surface area contributed by atoms with Crippen molar-refractivity contribution < 1.29 is 48.2 Å². The number of Topliss-reactive ketones (excluding diaryl/α,β-unsaturated/α-hetero) is 1. The van der Waals surface area contributed by atoms with Gasteiger partial charge in [0.05, 0.1) is 44.2 Å². The van der Waals surface area contributed by atoms with Crippen molar-refractivity contribution in [2.24, 2.45) is 0 Å². The van der Waals surface area contributed by atoms with E-state index >= 15 is 0 Å². The number of aliphatic hydroxyl groups is 1. The van der Waals surface area contributed by atoms with Crippen molar-refractivity contribution in [3.63, 3.8) is 0 Å². The van der Waals surface area contributed by atoms with Crippen LogP contribution in [0.1, 0.15) is 68.9 Å². The number of fused-ring (bicyclic) bond motifs is 13. The van der Waals surface area contributed by atoms with E-state index in [1.807, 2.05) is 39.1 Å². The largest absolute Gasteiger partial charge is 0.504 e. The molecule has 1 saturated heterocycles. The highest BCUT2D eigenvalue weighted by Crippen LogP contribution is 2.64. The van der Waals surface area contributed by atoms with Gasteiger partial charge >= 0.3 is 5.97 Å². The number of rotatable bonds is 3. The average molecular weight is 799 g/mol. The summed E-state index contributed by atoms with van der Waals surface area (Å²) in [6, 6.07) is 5.95. The first-order valence-electron chi connectivity index (χ1n) is 19.4. The van der Waals surface area contributed by atoms with Crippen LogP contribution in [0.15, 0.2) is 24.3 Å². The van der Waals surface area contributed by atoms with E-state index in [0.29, 0.717) is 59.3 Å². The zero-order valence-corrected chi connectivity index (χ0v) is 33.5. The maximum Gasteiger partial charge on any atom is 0.308 e. The van der Waals surface area contributed by atoms with E-state index in [1.165, 1.54) is 6.92 Å². The number of aromatic hydroxyl groups is 1. The number of ether oxygens (including phenoxy) is 6. The minimum absolute atomic E-state index is 0.00804. The van der Waals surface area contributed by atoms with Gasteiger partial charge in [-0.25, -0.2) is 0 Å². The number of carbonyl (C=O) groups excluding carboxylic acids is 2. The molecule has 4 N–H and O–H groups in total. The molecule has 0 saturated carbocycles. The van der Waals surface area contributed by atoms with E-state index < -0.39 is 41.1 Å². The molecule has 6 aliphatic heterocycles. The summed E-state index contributed by atoms with van der Waals surface area (Å²) in [7, 11) is 5.17. The summed E-state index contributed by atoms with van der Waals surface area (Å²) in [4.78, 5) is 35.8. The lowest BCUT2D eigenvalue weighted by Crippen LogP contribution is -2.69. The second kappa shape index (κ2) is 13.3. The van der Waals surface area contributed by atoms with Gasteiger partial charge in [0, 0.05) is 70.2 Å². The van der Waals surface area contributed by atoms with Crippen molar-refractivity contribution in [2.45, 2.75) is 74.8 Å². The molecule has 0 aliphatic carbocycles. The fraction of sp³-hybridized carbons (Fsp3) is 0.476. The third kappa shape index (κ3) is 5.08. The molecule has 14 nitrogen and oxygen atoms in total. The molecule has 1 spiro atoms. The molecule has 300 valence electrons. The number of ketones is 1. The lowest BCUT2D eigenvalue weighted by molar-refractivity contribution is -0.181. The van der Waals surface area contributed by atoms with Crippen molar-refractivity contribution in [2.75, 3.05) is 53.6 Å². The maximum atomic E-state index is 14.9. The van der Waals surface area contributed by atoms with E-state index in [1.54, 1.807) is 26.0 Å². The molecule has 1 fully saturated rings. The number of carbonyl (C=O) groups is 2. The number of methoxy groups -OCH3 is 2. The predicted molar refractivity (Wildman–Crippen MR) is 210 cm³/mol. The van der Waals surface area contributed by atoms with Crippen LogP contribution in [0.3, 0.4) is 0 Å². The minimum atomic E-state index is -1.19. The number of phenols is 1. The van der Waals surface area contributed by atoms with Gasteiger partial charge in [0.2, 0.25) is 6.79 Å². The van der Waals surface area contributed by atoms with E-state index in [4.69, 9.17) is 28.4 Å². The fourth-order valence-electron chi connectivity index (χ4n) is 10.8. The number of benzene rings is 3. The van der Waals surface area contributed by atoms with Crippen LogP contribution in [0.2, 0.25) is 0 Å². The van der Waals surface area contributed by atoms with Crippen molar-refractivity contribution >= 4 is 34.4 Å². The van der Waals surface area contributed by atoms with Gasteiger partial charge < -0.3 is 43.6 Å². The van der Waals surface area contributed by atoms with Crippen LogP contribution in [-0.4, -0.2) is 109 Å². The number of aromatic amines is 1. The topological polar surface area (TPSA) is 164 Å². The quantitative estimate of drug-likeness (QED) is 0.172. The van der Waals surface area contributed by atoms with Crippen LogP contribution < -0.4 is 29.0 Å². The second-order valence-electron chi connectivity index (χ2n) is 16.0. The van der Waals surface area contributed by atoms with Gasteiger partial charge in [-0.05, 0) is 62.6 Å². The number of aromatic nitrogens is 1. The fourth-order valence-corrected chi connectivity index (χ4v) is 12.5. The van der Waals surface area contributed by atoms with E-state index in [2.05, 4.69) is 26.2 Å². The van der Waals surface area contributed by atoms with Crippen LogP contribution >= 0.6 is 11.8 Å². The highest BCUT2D eigenvalue weighted by Gasteiger charge is 2.61. The van der Waals surface area contributed by atoms with Crippen LogP contribution in [0, 0.1) is 13.8 Å². The number of hydrogen-bond acceptors (Lipinski definition) is 14. The molecule has 0 radical (unpaired) electrons. The summed E-state index contributed by atoms with van der Waals surface area (Å²) in [5.41, 5.74) is 6.02. The SMILES string of the molecule is COc1ccc2c3c([nH]c2c1)[C@@]1(CS[C@@H]2c4c(OC(C)=O)c(C)c5c(c4[C@H](COCC1=O)N1C2[C@H]2c4c(cc(C)c(OC)c4O)C[C@@H]([C@@H]1O)N2C)OCO5)NCC3. The number of esters is 1. The van der Waals surface area contributed by atoms with Gasteiger partial charge in [-0.15, -0.1) is 11.8 Å². The van der Waals surface area contributed by atoms with Crippen molar-refractivity contribution in [3.8, 4) is 34.5 Å². The Balaban J connectivity index is 1.24. The first kappa shape index (κ1) is 36.8. The molecule has 1 unspecified atom stereocenters. The third-order valence-corrected chi connectivity index (χ3v) is 14.7. The third-order valence-electron chi connectivity index (χ3n) is 13.2. The molecular formula is C42H46N4O10S. The smallest absolute Gasteiger partial charge is 0.308 e.